The Labute approximate surface area is 170 Å². The highest BCUT2D eigenvalue weighted by molar-refractivity contribution is 7.23. The van der Waals surface area contributed by atoms with E-state index in [2.05, 4.69) is 10.3 Å². The van der Waals surface area contributed by atoms with E-state index in [1.54, 1.807) is 18.0 Å². The minimum atomic E-state index is -0.231. The van der Waals surface area contributed by atoms with Crippen LogP contribution in [0.3, 0.4) is 0 Å². The molecule has 2 aromatic heterocycles. The summed E-state index contributed by atoms with van der Waals surface area (Å²) in [4.78, 5) is 29.5. The molecule has 2 amide bonds. The Kier molecular flexibility index (Phi) is 4.66. The van der Waals surface area contributed by atoms with Crippen LogP contribution in [0.25, 0.3) is 10.2 Å². The number of aromatic nitrogens is 1. The topological polar surface area (TPSA) is 65.2 Å². The third-order valence-corrected chi connectivity index (χ3v) is 6.98. The van der Waals surface area contributed by atoms with Crippen LogP contribution >= 0.6 is 34.5 Å². The van der Waals surface area contributed by atoms with Crippen LogP contribution in [0.15, 0.2) is 30.3 Å². The number of thiophene rings is 1. The summed E-state index contributed by atoms with van der Waals surface area (Å²) in [5, 5.41) is 3.51. The number of carbonyl (C=O) groups is 2. The molecule has 140 valence electrons. The van der Waals surface area contributed by atoms with Gasteiger partial charge in [0.25, 0.3) is 5.91 Å². The Bertz CT molecular complexity index is 1060. The van der Waals surface area contributed by atoms with Crippen LogP contribution in [0.1, 0.15) is 34.6 Å². The van der Waals surface area contributed by atoms with Gasteiger partial charge in [0, 0.05) is 14.0 Å². The predicted molar refractivity (Wildman–Crippen MR) is 109 cm³/mol. The summed E-state index contributed by atoms with van der Waals surface area (Å²) in [6, 6.07) is 9.32. The molecule has 5 nitrogen and oxygen atoms in total. The molecule has 0 fully saturated rings. The van der Waals surface area contributed by atoms with Crippen LogP contribution in [0.4, 0.5) is 0 Å². The minimum absolute atomic E-state index is 0.0437. The molecule has 3 aromatic rings. The van der Waals surface area contributed by atoms with Gasteiger partial charge in [-0.15, -0.1) is 11.3 Å². The summed E-state index contributed by atoms with van der Waals surface area (Å²) in [6.07, 6.45) is 0.672. The molecule has 1 aliphatic carbocycles. The molecule has 4 rings (SSSR count). The average molecular weight is 422 g/mol. The van der Waals surface area contributed by atoms with Crippen molar-refractivity contribution in [3.05, 3.63) is 56.5 Å². The molecule has 0 saturated heterocycles. The zero-order valence-electron chi connectivity index (χ0n) is 14.7. The van der Waals surface area contributed by atoms with Crippen molar-refractivity contribution in [1.82, 2.24) is 15.2 Å². The molecule has 1 aromatic carbocycles. The highest BCUT2D eigenvalue weighted by Crippen LogP contribution is 2.39. The molecule has 0 aliphatic heterocycles. The molecule has 27 heavy (non-hydrogen) atoms. The molecule has 8 heteroatoms. The van der Waals surface area contributed by atoms with Crippen molar-refractivity contribution in [1.29, 1.82) is 0 Å². The van der Waals surface area contributed by atoms with Crippen molar-refractivity contribution in [3.8, 4) is 0 Å². The SMILES string of the molecule is CC(=O)N(C)C1c2ccccc2CC1NC(=O)c1cc2sc(Cl)c(Cl)c2[nH]1. The summed E-state index contributed by atoms with van der Waals surface area (Å²) in [5.74, 6) is -0.275. The lowest BCUT2D eigenvalue weighted by Crippen LogP contribution is -2.44. The number of aromatic amines is 1. The van der Waals surface area contributed by atoms with E-state index in [9.17, 15) is 9.59 Å². The number of nitrogens with one attached hydrogen (secondary N) is 2. The van der Waals surface area contributed by atoms with Crippen LogP contribution in [0, 0.1) is 0 Å². The van der Waals surface area contributed by atoms with Gasteiger partial charge in [-0.25, -0.2) is 0 Å². The monoisotopic (exact) mass is 421 g/mol. The summed E-state index contributed by atoms with van der Waals surface area (Å²) in [6.45, 7) is 1.53. The molecule has 2 atom stereocenters. The average Bonchev–Trinajstić information content (AvgIpc) is 3.27. The fourth-order valence-electron chi connectivity index (χ4n) is 3.67. The second-order valence-corrected chi connectivity index (χ2v) is 8.70. The Morgan fingerprint density at radius 1 is 1.30 bits per heavy atom. The summed E-state index contributed by atoms with van der Waals surface area (Å²) in [7, 11) is 1.76. The molecular formula is C19H17Cl2N3O2S. The fraction of sp³-hybridized carbons (Fsp3) is 0.263. The number of rotatable bonds is 3. The van der Waals surface area contributed by atoms with Gasteiger partial charge in [0.15, 0.2) is 0 Å². The molecule has 1 aliphatic rings. The van der Waals surface area contributed by atoms with E-state index in [1.165, 1.54) is 18.3 Å². The Hall–Kier alpha value is -2.02. The smallest absolute Gasteiger partial charge is 0.268 e. The van der Waals surface area contributed by atoms with Gasteiger partial charge in [0.05, 0.1) is 27.3 Å². The van der Waals surface area contributed by atoms with Gasteiger partial charge in [-0.05, 0) is 23.6 Å². The van der Waals surface area contributed by atoms with Gasteiger partial charge in [0.1, 0.15) is 10.0 Å². The van der Waals surface area contributed by atoms with Crippen LogP contribution in [-0.2, 0) is 11.2 Å². The molecule has 2 N–H and O–H groups in total. The van der Waals surface area contributed by atoms with Gasteiger partial charge in [-0.2, -0.15) is 0 Å². The largest absolute Gasteiger partial charge is 0.349 e. The number of amides is 2. The maximum absolute atomic E-state index is 12.8. The molecule has 2 heterocycles. The number of benzene rings is 1. The van der Waals surface area contributed by atoms with Crippen molar-refractivity contribution in [2.75, 3.05) is 7.05 Å². The van der Waals surface area contributed by atoms with Crippen LogP contribution in [0.5, 0.6) is 0 Å². The summed E-state index contributed by atoms with van der Waals surface area (Å²) >= 11 is 13.5. The minimum Gasteiger partial charge on any atom is -0.349 e. The quantitative estimate of drug-likeness (QED) is 0.657. The van der Waals surface area contributed by atoms with Crippen LogP contribution in [0.2, 0.25) is 9.36 Å². The Balaban J connectivity index is 1.61. The second kappa shape index (κ2) is 6.86. The molecular weight excluding hydrogens is 405 g/mol. The third kappa shape index (κ3) is 3.12. The van der Waals surface area contributed by atoms with Crippen molar-refractivity contribution >= 4 is 56.6 Å². The maximum Gasteiger partial charge on any atom is 0.268 e. The third-order valence-electron chi connectivity index (χ3n) is 5.04. The van der Waals surface area contributed by atoms with Gasteiger partial charge in [-0.3, -0.25) is 9.59 Å². The number of nitrogens with zero attached hydrogens (tertiary/aromatic N) is 1. The Morgan fingerprint density at radius 2 is 2.04 bits per heavy atom. The number of H-pyrrole nitrogens is 1. The highest BCUT2D eigenvalue weighted by Gasteiger charge is 2.37. The number of hydrogen-bond donors (Lipinski definition) is 2. The van der Waals surface area contributed by atoms with Crippen molar-refractivity contribution in [2.24, 2.45) is 0 Å². The van der Waals surface area contributed by atoms with Crippen molar-refractivity contribution < 1.29 is 9.59 Å². The first-order valence-electron chi connectivity index (χ1n) is 8.45. The van der Waals surface area contributed by atoms with Crippen LogP contribution in [-0.4, -0.2) is 34.8 Å². The van der Waals surface area contributed by atoms with Gasteiger partial charge in [-0.1, -0.05) is 47.5 Å². The summed E-state index contributed by atoms with van der Waals surface area (Å²) < 4.78 is 1.33. The van der Waals surface area contributed by atoms with E-state index in [0.29, 0.717) is 27.0 Å². The molecule has 0 bridgehead atoms. The van der Waals surface area contributed by atoms with Gasteiger partial charge in [0.2, 0.25) is 5.91 Å². The molecule has 0 radical (unpaired) electrons. The molecule has 2 unspecified atom stereocenters. The van der Waals surface area contributed by atoms with Gasteiger partial charge < -0.3 is 15.2 Å². The number of fused-ring (bicyclic) bond motifs is 2. The van der Waals surface area contributed by atoms with Crippen molar-refractivity contribution in [3.63, 3.8) is 0 Å². The zero-order valence-corrected chi connectivity index (χ0v) is 17.0. The number of halogens is 2. The van der Waals surface area contributed by atoms with E-state index < -0.39 is 0 Å². The number of likely N-dealkylation sites (N-methyl/N-ethyl adjacent to an activating group) is 1. The van der Waals surface area contributed by atoms with Crippen LogP contribution < -0.4 is 5.32 Å². The fourth-order valence-corrected chi connectivity index (χ4v) is 5.15. The normalized spacial score (nSPS) is 18.5. The predicted octanol–water partition coefficient (Wildman–Crippen LogP) is 4.41. The van der Waals surface area contributed by atoms with E-state index >= 15 is 0 Å². The summed E-state index contributed by atoms with van der Waals surface area (Å²) in [5.41, 5.74) is 3.31. The molecule has 0 spiro atoms. The lowest BCUT2D eigenvalue weighted by atomic mass is 10.1. The second-order valence-electron chi connectivity index (χ2n) is 6.67. The first-order valence-corrected chi connectivity index (χ1v) is 10.0. The van der Waals surface area contributed by atoms with E-state index in [4.69, 9.17) is 23.2 Å². The number of hydrogen-bond acceptors (Lipinski definition) is 3. The first-order chi connectivity index (χ1) is 12.9. The van der Waals surface area contributed by atoms with Crippen molar-refractivity contribution in [2.45, 2.75) is 25.4 Å². The standard InChI is InChI=1S/C19H17Cl2N3O2S/c1-9(25)24(2)17-11-6-4-3-5-10(11)7-12(17)23-19(26)13-8-14-16(22-13)15(20)18(21)27-14/h3-6,8,12,17,22H,7H2,1-2H3,(H,23,26). The zero-order chi connectivity index (χ0) is 19.3. The lowest BCUT2D eigenvalue weighted by molar-refractivity contribution is -0.130. The number of carbonyl (C=O) groups excluding carboxylic acids is 2. The lowest BCUT2D eigenvalue weighted by Gasteiger charge is -2.30. The maximum atomic E-state index is 12.8. The van der Waals surface area contributed by atoms with E-state index in [0.717, 1.165) is 15.8 Å². The van der Waals surface area contributed by atoms with Gasteiger partial charge >= 0.3 is 0 Å². The van der Waals surface area contributed by atoms with E-state index in [-0.39, 0.29) is 23.9 Å². The highest BCUT2D eigenvalue weighted by atomic mass is 35.5. The molecule has 0 saturated carbocycles. The Morgan fingerprint density at radius 3 is 2.74 bits per heavy atom. The van der Waals surface area contributed by atoms with E-state index in [1.807, 2.05) is 24.3 Å². The first kappa shape index (κ1) is 18.3.